The van der Waals surface area contributed by atoms with E-state index in [1.54, 1.807) is 24.3 Å². The largest absolute Gasteiger partial charge is 0.484 e. The van der Waals surface area contributed by atoms with Gasteiger partial charge in [0.15, 0.2) is 5.76 Å². The molecule has 10 heteroatoms. The number of para-hydroxylation sites is 1. The van der Waals surface area contributed by atoms with Gasteiger partial charge in [0.05, 0.1) is 5.02 Å². The molecule has 6 nitrogen and oxygen atoms in total. The second-order valence-corrected chi connectivity index (χ2v) is 6.34. The minimum absolute atomic E-state index is 0.000131. The van der Waals surface area contributed by atoms with Crippen LogP contribution in [0.1, 0.15) is 29.7 Å². The number of benzene rings is 1. The molecule has 0 radical (unpaired) electrons. The van der Waals surface area contributed by atoms with Gasteiger partial charge in [-0.25, -0.2) is 0 Å². The van der Waals surface area contributed by atoms with Crippen LogP contribution in [0.15, 0.2) is 45.9 Å². The topological polar surface area (TPSA) is 75.3 Å². The molecule has 3 rings (SSSR count). The highest BCUT2D eigenvalue weighted by molar-refractivity contribution is 6.32. The normalized spacial score (nSPS) is 19.9. The molecule has 1 atom stereocenters. The average molecular weight is 403 g/mol. The number of hydrogen-bond acceptors (Lipinski definition) is 5. The molecule has 144 valence electrons. The van der Waals surface area contributed by atoms with Crippen LogP contribution in [0.2, 0.25) is 5.02 Å². The number of furan rings is 1. The van der Waals surface area contributed by atoms with Crippen molar-refractivity contribution >= 4 is 23.2 Å². The highest BCUT2D eigenvalue weighted by Gasteiger charge is 2.63. The van der Waals surface area contributed by atoms with Crippen LogP contribution < -0.4 is 4.74 Å². The van der Waals surface area contributed by atoms with Crippen LogP contribution in [0.25, 0.3) is 0 Å². The number of halogens is 4. The number of carbonyl (C=O) groups excluding carboxylic acids is 1. The molecule has 0 unspecified atom stereocenters. The lowest BCUT2D eigenvalue weighted by Crippen LogP contribution is -2.56. The predicted octanol–water partition coefficient (Wildman–Crippen LogP) is 3.98. The van der Waals surface area contributed by atoms with Gasteiger partial charge >= 0.3 is 12.1 Å². The summed E-state index contributed by atoms with van der Waals surface area (Å²) in [5, 5.41) is 13.9. The van der Waals surface area contributed by atoms with E-state index in [0.29, 0.717) is 10.8 Å². The fourth-order valence-corrected chi connectivity index (χ4v) is 2.73. The first-order valence-electron chi connectivity index (χ1n) is 7.75. The molecular weight excluding hydrogens is 389 g/mol. The Morgan fingerprint density at radius 2 is 2.07 bits per heavy atom. The van der Waals surface area contributed by atoms with Crippen molar-refractivity contribution in [3.63, 3.8) is 0 Å². The Labute approximate surface area is 156 Å². The van der Waals surface area contributed by atoms with Crippen LogP contribution in [0.4, 0.5) is 13.2 Å². The molecule has 0 aliphatic carbocycles. The minimum Gasteiger partial charge on any atom is -0.484 e. The molecule has 27 heavy (non-hydrogen) atoms. The molecule has 1 aromatic carbocycles. The maximum atomic E-state index is 13.2. The van der Waals surface area contributed by atoms with Gasteiger partial charge in [-0.3, -0.25) is 4.79 Å². The Morgan fingerprint density at radius 3 is 2.74 bits per heavy atom. The van der Waals surface area contributed by atoms with Crippen molar-refractivity contribution in [1.29, 1.82) is 0 Å². The summed E-state index contributed by atoms with van der Waals surface area (Å²) < 4.78 is 50.3. The van der Waals surface area contributed by atoms with Crippen molar-refractivity contribution < 1.29 is 32.2 Å². The van der Waals surface area contributed by atoms with E-state index >= 15 is 0 Å². The zero-order valence-electron chi connectivity index (χ0n) is 14.0. The van der Waals surface area contributed by atoms with Crippen LogP contribution in [0.3, 0.4) is 0 Å². The Bertz CT molecular complexity index is 896. The Hall–Kier alpha value is -2.52. The van der Waals surface area contributed by atoms with Crippen LogP contribution >= 0.6 is 11.6 Å². The van der Waals surface area contributed by atoms with Gasteiger partial charge in [-0.1, -0.05) is 23.7 Å². The number of hydrogen-bond donors (Lipinski definition) is 1. The third kappa shape index (κ3) is 3.65. The smallest absolute Gasteiger partial charge is 0.438 e. The van der Waals surface area contributed by atoms with Gasteiger partial charge in [-0.05, 0) is 31.2 Å². The number of nitrogens with zero attached hydrogens (tertiary/aromatic N) is 2. The third-order valence-corrected chi connectivity index (χ3v) is 4.16. The second kappa shape index (κ2) is 6.90. The number of amides is 1. The maximum Gasteiger partial charge on any atom is 0.438 e. The lowest BCUT2D eigenvalue weighted by Gasteiger charge is -2.32. The lowest BCUT2D eigenvalue weighted by molar-refractivity contribution is -0.297. The van der Waals surface area contributed by atoms with Crippen LogP contribution in [-0.2, 0) is 6.61 Å². The molecule has 1 aliphatic rings. The number of alkyl halides is 3. The predicted molar refractivity (Wildman–Crippen MR) is 89.4 cm³/mol. The maximum absolute atomic E-state index is 13.2. The van der Waals surface area contributed by atoms with E-state index < -0.39 is 30.0 Å². The summed E-state index contributed by atoms with van der Waals surface area (Å²) in [7, 11) is 0. The van der Waals surface area contributed by atoms with Crippen molar-refractivity contribution in [2.75, 3.05) is 0 Å². The summed E-state index contributed by atoms with van der Waals surface area (Å²) in [4.78, 5) is 12.4. The summed E-state index contributed by atoms with van der Waals surface area (Å²) in [6.45, 7) is 1.19. The highest BCUT2D eigenvalue weighted by atomic mass is 35.5. The molecule has 1 N–H and O–H groups in total. The van der Waals surface area contributed by atoms with E-state index in [9.17, 15) is 23.1 Å². The highest BCUT2D eigenvalue weighted by Crippen LogP contribution is 2.41. The molecule has 2 heterocycles. The molecule has 0 fully saturated rings. The molecule has 1 aliphatic heterocycles. The lowest BCUT2D eigenvalue weighted by atomic mass is 10.1. The second-order valence-electron chi connectivity index (χ2n) is 5.93. The number of rotatable bonds is 4. The van der Waals surface area contributed by atoms with E-state index in [1.807, 2.05) is 0 Å². The van der Waals surface area contributed by atoms with E-state index in [1.165, 1.54) is 19.1 Å². The van der Waals surface area contributed by atoms with E-state index in [-0.39, 0.29) is 23.1 Å². The standard InChI is InChI=1S/C17H14ClF3N2O4/c1-10-8-16(25,17(19,20)21)23(22-10)15(24)14-7-6-11(27-14)9-26-13-5-3-2-4-12(13)18/h2-7,25H,8-9H2,1H3/t16-/m1/s1. The van der Waals surface area contributed by atoms with Crippen LogP contribution in [0, 0.1) is 0 Å². The van der Waals surface area contributed by atoms with Gasteiger partial charge in [0.1, 0.15) is 18.1 Å². The van der Waals surface area contributed by atoms with Gasteiger partial charge < -0.3 is 14.3 Å². The zero-order chi connectivity index (χ0) is 19.8. The monoisotopic (exact) mass is 402 g/mol. The Balaban J connectivity index is 1.76. The van der Waals surface area contributed by atoms with E-state index in [2.05, 4.69) is 5.10 Å². The van der Waals surface area contributed by atoms with Gasteiger partial charge in [-0.2, -0.15) is 23.3 Å². The van der Waals surface area contributed by atoms with E-state index in [4.69, 9.17) is 20.8 Å². The third-order valence-electron chi connectivity index (χ3n) is 3.85. The van der Waals surface area contributed by atoms with Crippen LogP contribution in [-0.4, -0.2) is 33.6 Å². The first-order chi connectivity index (χ1) is 12.6. The van der Waals surface area contributed by atoms with Gasteiger partial charge in [0.2, 0.25) is 0 Å². The van der Waals surface area contributed by atoms with Crippen molar-refractivity contribution in [2.24, 2.45) is 5.10 Å². The zero-order valence-corrected chi connectivity index (χ0v) is 14.7. The number of ether oxygens (including phenoxy) is 1. The van der Waals surface area contributed by atoms with Crippen molar-refractivity contribution in [3.8, 4) is 5.75 Å². The summed E-state index contributed by atoms with van der Waals surface area (Å²) in [6, 6.07) is 9.25. The molecule has 1 amide bonds. The van der Waals surface area contributed by atoms with Crippen molar-refractivity contribution in [3.05, 3.63) is 52.9 Å². The van der Waals surface area contributed by atoms with Crippen molar-refractivity contribution in [2.45, 2.75) is 31.9 Å². The minimum atomic E-state index is -5.08. The molecule has 0 saturated heterocycles. The van der Waals surface area contributed by atoms with Crippen LogP contribution in [0.5, 0.6) is 5.75 Å². The average Bonchev–Trinajstić information content (AvgIpc) is 3.18. The quantitative estimate of drug-likeness (QED) is 0.839. The van der Waals surface area contributed by atoms with Crippen molar-refractivity contribution in [1.82, 2.24) is 5.01 Å². The fourth-order valence-electron chi connectivity index (χ4n) is 2.54. The summed E-state index contributed by atoms with van der Waals surface area (Å²) in [5.74, 6) is -1.05. The molecular formula is C17H14ClF3N2O4. The summed E-state index contributed by atoms with van der Waals surface area (Å²) in [5.41, 5.74) is -3.44. The Kier molecular flexibility index (Phi) is 4.92. The van der Waals surface area contributed by atoms with Gasteiger partial charge in [-0.15, -0.1) is 0 Å². The SMILES string of the molecule is CC1=NN(C(=O)c2ccc(COc3ccccc3Cl)o2)[C@](O)(C(F)(F)F)C1. The molecule has 0 bridgehead atoms. The number of carbonyl (C=O) groups is 1. The summed E-state index contributed by atoms with van der Waals surface area (Å²) in [6.07, 6.45) is -5.90. The Morgan fingerprint density at radius 1 is 1.37 bits per heavy atom. The fraction of sp³-hybridized carbons (Fsp3) is 0.294. The number of hydrazone groups is 1. The van der Waals surface area contributed by atoms with Gasteiger partial charge in [0, 0.05) is 12.1 Å². The van der Waals surface area contributed by atoms with E-state index in [0.717, 1.165) is 0 Å². The first-order valence-corrected chi connectivity index (χ1v) is 8.13. The molecule has 1 aromatic heterocycles. The molecule has 0 spiro atoms. The summed E-state index contributed by atoms with van der Waals surface area (Å²) >= 11 is 5.95. The number of aliphatic hydroxyl groups is 1. The first kappa shape index (κ1) is 19.2. The molecule has 0 saturated carbocycles. The van der Waals surface area contributed by atoms with Gasteiger partial charge in [0.25, 0.3) is 5.72 Å². The molecule has 2 aromatic rings.